The molecule has 2 aromatic carbocycles. The highest BCUT2D eigenvalue weighted by Crippen LogP contribution is 2.19. The summed E-state index contributed by atoms with van der Waals surface area (Å²) < 4.78 is 27.5. The summed E-state index contributed by atoms with van der Waals surface area (Å²) in [5.41, 5.74) is 1.85. The summed E-state index contributed by atoms with van der Waals surface area (Å²) in [5.74, 6) is -1.56. The standard InChI is InChI=1S/C22H29N3O5S/c1-3-4-5-14-23-20(22(27)28)15-21(26)24-17-10-12-19(13-11-17)31(29,30)25-18-8-6-16(2)7-9-18/h6-13,20,23,25H,3-5,14-15H2,1-2H3,(H,24,26)(H,27,28). The van der Waals surface area contributed by atoms with E-state index in [0.717, 1.165) is 24.8 Å². The van der Waals surface area contributed by atoms with Crippen LogP contribution in [0, 0.1) is 6.92 Å². The third kappa shape index (κ3) is 8.03. The maximum Gasteiger partial charge on any atom is 0.321 e. The van der Waals surface area contributed by atoms with Gasteiger partial charge in [0.1, 0.15) is 6.04 Å². The lowest BCUT2D eigenvalue weighted by Crippen LogP contribution is -2.40. The number of carbonyl (C=O) groups excluding carboxylic acids is 1. The molecule has 31 heavy (non-hydrogen) atoms. The molecule has 4 N–H and O–H groups in total. The Labute approximate surface area is 183 Å². The minimum absolute atomic E-state index is 0.0482. The second-order valence-corrected chi connectivity index (χ2v) is 8.98. The average Bonchev–Trinajstić information content (AvgIpc) is 2.72. The summed E-state index contributed by atoms with van der Waals surface area (Å²) in [6, 6.07) is 11.7. The van der Waals surface area contributed by atoms with E-state index in [-0.39, 0.29) is 11.3 Å². The number of rotatable bonds is 12. The van der Waals surface area contributed by atoms with Crippen molar-refractivity contribution in [2.45, 2.75) is 50.5 Å². The Kier molecular flexibility index (Phi) is 9.02. The van der Waals surface area contributed by atoms with Crippen LogP contribution in [0.5, 0.6) is 0 Å². The van der Waals surface area contributed by atoms with Gasteiger partial charge in [0.05, 0.1) is 11.3 Å². The number of hydrogen-bond acceptors (Lipinski definition) is 5. The number of anilines is 2. The van der Waals surface area contributed by atoms with Crippen molar-refractivity contribution in [3.63, 3.8) is 0 Å². The zero-order valence-electron chi connectivity index (χ0n) is 17.7. The van der Waals surface area contributed by atoms with Crippen LogP contribution in [0.1, 0.15) is 38.2 Å². The SMILES string of the molecule is CCCCCNC(CC(=O)Nc1ccc(S(=O)(=O)Nc2ccc(C)cc2)cc1)C(=O)O. The van der Waals surface area contributed by atoms with E-state index in [2.05, 4.69) is 22.3 Å². The highest BCUT2D eigenvalue weighted by atomic mass is 32.2. The molecule has 0 bridgehead atoms. The molecule has 0 aromatic heterocycles. The molecule has 0 aliphatic rings. The first kappa shape index (κ1) is 24.4. The van der Waals surface area contributed by atoms with Crippen LogP contribution in [-0.4, -0.2) is 38.0 Å². The summed E-state index contributed by atoms with van der Waals surface area (Å²) in [4.78, 5) is 23.6. The fourth-order valence-electron chi connectivity index (χ4n) is 2.85. The Morgan fingerprint density at radius 2 is 1.58 bits per heavy atom. The fourth-order valence-corrected chi connectivity index (χ4v) is 3.91. The van der Waals surface area contributed by atoms with Gasteiger partial charge in [0, 0.05) is 11.4 Å². The first-order valence-corrected chi connectivity index (χ1v) is 11.6. The van der Waals surface area contributed by atoms with Crippen LogP contribution in [-0.2, 0) is 19.6 Å². The molecule has 0 saturated heterocycles. The van der Waals surface area contributed by atoms with E-state index < -0.39 is 27.9 Å². The number of benzene rings is 2. The molecular weight excluding hydrogens is 418 g/mol. The molecule has 0 saturated carbocycles. The molecule has 0 spiro atoms. The van der Waals surface area contributed by atoms with Crippen LogP contribution in [0.15, 0.2) is 53.4 Å². The molecule has 168 valence electrons. The molecule has 1 atom stereocenters. The Morgan fingerprint density at radius 1 is 0.968 bits per heavy atom. The number of aryl methyl sites for hydroxylation is 1. The Bertz CT molecular complexity index is 973. The molecule has 1 unspecified atom stereocenters. The van der Waals surface area contributed by atoms with Gasteiger partial charge in [0.25, 0.3) is 10.0 Å². The second-order valence-electron chi connectivity index (χ2n) is 7.30. The number of hydrogen-bond donors (Lipinski definition) is 4. The lowest BCUT2D eigenvalue weighted by atomic mass is 10.1. The predicted octanol–water partition coefficient (Wildman–Crippen LogP) is 3.36. The zero-order valence-corrected chi connectivity index (χ0v) is 18.5. The molecule has 0 fully saturated rings. The number of carboxylic acid groups (broad SMARTS) is 1. The number of carbonyl (C=O) groups is 2. The maximum absolute atomic E-state index is 12.5. The Balaban J connectivity index is 1.95. The van der Waals surface area contributed by atoms with Crippen LogP contribution >= 0.6 is 0 Å². The third-order valence-corrected chi connectivity index (χ3v) is 6.01. The largest absolute Gasteiger partial charge is 0.480 e. The van der Waals surface area contributed by atoms with Crippen LogP contribution in [0.4, 0.5) is 11.4 Å². The Hall–Kier alpha value is -2.91. The van der Waals surface area contributed by atoms with Crippen LogP contribution in [0.2, 0.25) is 0 Å². The quantitative estimate of drug-likeness (QED) is 0.370. The number of aliphatic carboxylic acids is 1. The van der Waals surface area contributed by atoms with Crippen LogP contribution in [0.25, 0.3) is 0 Å². The van der Waals surface area contributed by atoms with Gasteiger partial charge in [0.15, 0.2) is 0 Å². The summed E-state index contributed by atoms with van der Waals surface area (Å²) in [5, 5.41) is 14.8. The van der Waals surface area contributed by atoms with Crippen molar-refractivity contribution >= 4 is 33.3 Å². The van der Waals surface area contributed by atoms with Gasteiger partial charge >= 0.3 is 5.97 Å². The molecule has 1 amide bonds. The number of nitrogens with one attached hydrogen (secondary N) is 3. The normalized spacial score (nSPS) is 12.2. The van der Waals surface area contributed by atoms with Crippen molar-refractivity contribution in [2.75, 3.05) is 16.6 Å². The van der Waals surface area contributed by atoms with Crippen molar-refractivity contribution in [2.24, 2.45) is 0 Å². The van der Waals surface area contributed by atoms with Gasteiger partial charge in [-0.05, 0) is 56.3 Å². The van der Waals surface area contributed by atoms with Gasteiger partial charge in [0.2, 0.25) is 5.91 Å². The molecule has 0 aliphatic heterocycles. The van der Waals surface area contributed by atoms with E-state index in [4.69, 9.17) is 0 Å². The van der Waals surface area contributed by atoms with Crippen LogP contribution in [0.3, 0.4) is 0 Å². The second kappa shape index (κ2) is 11.5. The smallest absolute Gasteiger partial charge is 0.321 e. The van der Waals surface area contributed by atoms with Gasteiger partial charge < -0.3 is 15.7 Å². The van der Waals surface area contributed by atoms with E-state index in [1.54, 1.807) is 24.3 Å². The summed E-state index contributed by atoms with van der Waals surface area (Å²) >= 11 is 0. The fraction of sp³-hybridized carbons (Fsp3) is 0.364. The lowest BCUT2D eigenvalue weighted by Gasteiger charge is -2.14. The van der Waals surface area contributed by atoms with Crippen molar-refractivity contribution in [3.8, 4) is 0 Å². The van der Waals surface area contributed by atoms with Crippen molar-refractivity contribution in [1.29, 1.82) is 0 Å². The van der Waals surface area contributed by atoms with E-state index in [0.29, 0.717) is 17.9 Å². The minimum Gasteiger partial charge on any atom is -0.480 e. The maximum atomic E-state index is 12.5. The average molecular weight is 448 g/mol. The summed E-state index contributed by atoms with van der Waals surface area (Å²) in [7, 11) is -3.77. The van der Waals surface area contributed by atoms with Crippen molar-refractivity contribution < 1.29 is 23.1 Å². The van der Waals surface area contributed by atoms with Crippen molar-refractivity contribution in [1.82, 2.24) is 5.32 Å². The molecule has 0 radical (unpaired) electrons. The monoisotopic (exact) mass is 447 g/mol. The zero-order chi connectivity index (χ0) is 22.9. The lowest BCUT2D eigenvalue weighted by molar-refractivity contribution is -0.141. The number of carboxylic acids is 1. The van der Waals surface area contributed by atoms with Crippen LogP contribution < -0.4 is 15.4 Å². The first-order chi connectivity index (χ1) is 14.7. The molecule has 2 rings (SSSR count). The molecule has 0 aliphatic carbocycles. The molecule has 0 heterocycles. The van der Waals surface area contributed by atoms with Crippen molar-refractivity contribution in [3.05, 3.63) is 54.1 Å². The molecule has 2 aromatic rings. The summed E-state index contributed by atoms with van der Waals surface area (Å²) in [6.07, 6.45) is 2.62. The van der Waals surface area contributed by atoms with E-state index >= 15 is 0 Å². The van der Waals surface area contributed by atoms with Gasteiger partial charge in [-0.15, -0.1) is 0 Å². The molecule has 8 nitrogen and oxygen atoms in total. The summed E-state index contributed by atoms with van der Waals surface area (Å²) in [6.45, 7) is 4.49. The van der Waals surface area contributed by atoms with E-state index in [9.17, 15) is 23.1 Å². The van der Waals surface area contributed by atoms with E-state index in [1.165, 1.54) is 24.3 Å². The van der Waals surface area contributed by atoms with Gasteiger partial charge in [-0.1, -0.05) is 37.5 Å². The Morgan fingerprint density at radius 3 is 2.16 bits per heavy atom. The minimum atomic E-state index is -3.77. The highest BCUT2D eigenvalue weighted by molar-refractivity contribution is 7.92. The van der Waals surface area contributed by atoms with Gasteiger partial charge in [-0.3, -0.25) is 14.3 Å². The van der Waals surface area contributed by atoms with E-state index in [1.807, 2.05) is 6.92 Å². The number of unbranched alkanes of at least 4 members (excludes halogenated alkanes) is 2. The molecule has 9 heteroatoms. The number of amides is 1. The number of sulfonamides is 1. The third-order valence-electron chi connectivity index (χ3n) is 4.61. The van der Waals surface area contributed by atoms with Gasteiger partial charge in [-0.2, -0.15) is 0 Å². The highest BCUT2D eigenvalue weighted by Gasteiger charge is 2.21. The first-order valence-electron chi connectivity index (χ1n) is 10.2. The van der Waals surface area contributed by atoms with Gasteiger partial charge in [-0.25, -0.2) is 8.42 Å². The predicted molar refractivity (Wildman–Crippen MR) is 121 cm³/mol. The molecular formula is C22H29N3O5S. The topological polar surface area (TPSA) is 125 Å².